The second-order valence-electron chi connectivity index (χ2n) is 5.90. The summed E-state index contributed by atoms with van der Waals surface area (Å²) in [4.78, 5) is 14.5. The number of carbonyl (C=O) groups excluding carboxylic acids is 1. The van der Waals surface area contributed by atoms with Crippen LogP contribution in [0.1, 0.15) is 23.7 Å². The Morgan fingerprint density at radius 1 is 1.52 bits per heavy atom. The zero-order valence-corrected chi connectivity index (χ0v) is 12.9. The number of hydrogen-bond acceptors (Lipinski definition) is 3. The number of nitrogens with zero attached hydrogens (tertiary/aromatic N) is 1. The van der Waals surface area contributed by atoms with E-state index in [-0.39, 0.29) is 5.91 Å². The molecule has 1 atom stereocenters. The molecule has 1 saturated heterocycles. The molecule has 0 radical (unpaired) electrons. The fourth-order valence-electron chi connectivity index (χ4n) is 2.47. The number of benzene rings is 1. The fraction of sp³-hybridized carbons (Fsp3) is 0.471. The van der Waals surface area contributed by atoms with Crippen molar-refractivity contribution in [3.63, 3.8) is 0 Å². The third-order valence-corrected chi connectivity index (χ3v) is 3.62. The zero-order valence-electron chi connectivity index (χ0n) is 12.9. The standard InChI is InChI=1S/C17H24N2O2/c1-13(2)12-21-16-6-4-5-15(9-16)17(20)18-10-14-7-8-19(3)11-14/h4-6,9,14H,1,7-8,10-12H2,2-3H3,(H,18,20)/t14-/m0/s1. The van der Waals surface area contributed by atoms with Gasteiger partial charge in [-0.05, 0) is 56.6 Å². The van der Waals surface area contributed by atoms with Gasteiger partial charge < -0.3 is 15.0 Å². The van der Waals surface area contributed by atoms with E-state index in [0.717, 1.165) is 31.6 Å². The number of hydrogen-bond donors (Lipinski definition) is 1. The van der Waals surface area contributed by atoms with Crippen LogP contribution in [0, 0.1) is 5.92 Å². The smallest absolute Gasteiger partial charge is 0.251 e. The quantitative estimate of drug-likeness (QED) is 0.817. The molecule has 4 heteroatoms. The Kier molecular flexibility index (Phi) is 5.39. The first-order valence-electron chi connectivity index (χ1n) is 7.38. The van der Waals surface area contributed by atoms with Crippen LogP contribution in [-0.2, 0) is 0 Å². The lowest BCUT2D eigenvalue weighted by atomic mass is 10.1. The van der Waals surface area contributed by atoms with E-state index in [9.17, 15) is 4.79 Å². The van der Waals surface area contributed by atoms with Gasteiger partial charge in [0.15, 0.2) is 0 Å². The molecule has 1 N–H and O–H groups in total. The van der Waals surface area contributed by atoms with E-state index in [4.69, 9.17) is 4.74 Å². The predicted molar refractivity (Wildman–Crippen MR) is 84.7 cm³/mol. The highest BCUT2D eigenvalue weighted by Crippen LogP contribution is 2.15. The Morgan fingerprint density at radius 3 is 3.00 bits per heavy atom. The molecule has 21 heavy (non-hydrogen) atoms. The van der Waals surface area contributed by atoms with Gasteiger partial charge >= 0.3 is 0 Å². The molecule has 114 valence electrons. The van der Waals surface area contributed by atoms with Crippen LogP contribution in [0.2, 0.25) is 0 Å². The van der Waals surface area contributed by atoms with Crippen molar-refractivity contribution in [3.8, 4) is 5.75 Å². The second-order valence-corrected chi connectivity index (χ2v) is 5.90. The van der Waals surface area contributed by atoms with Crippen LogP contribution >= 0.6 is 0 Å². The van der Waals surface area contributed by atoms with Gasteiger partial charge in [0, 0.05) is 18.7 Å². The Balaban J connectivity index is 1.86. The van der Waals surface area contributed by atoms with E-state index in [1.54, 1.807) is 6.07 Å². The third-order valence-electron chi connectivity index (χ3n) is 3.62. The predicted octanol–water partition coefficient (Wildman–Crippen LogP) is 2.32. The maximum atomic E-state index is 12.2. The lowest BCUT2D eigenvalue weighted by molar-refractivity contribution is 0.0947. The Labute approximate surface area is 126 Å². The largest absolute Gasteiger partial charge is 0.489 e. The van der Waals surface area contributed by atoms with Crippen LogP contribution in [0.4, 0.5) is 0 Å². The highest BCUT2D eigenvalue weighted by Gasteiger charge is 2.20. The number of amides is 1. The molecular weight excluding hydrogens is 264 g/mol. The first kappa shape index (κ1) is 15.6. The summed E-state index contributed by atoms with van der Waals surface area (Å²) in [6, 6.07) is 7.28. The maximum Gasteiger partial charge on any atom is 0.251 e. The molecular formula is C17H24N2O2. The van der Waals surface area contributed by atoms with Gasteiger partial charge in [-0.15, -0.1) is 0 Å². The average molecular weight is 288 g/mol. The summed E-state index contributed by atoms with van der Waals surface area (Å²) in [6.45, 7) is 9.09. The van der Waals surface area contributed by atoms with Crippen molar-refractivity contribution in [3.05, 3.63) is 42.0 Å². The topological polar surface area (TPSA) is 41.6 Å². The zero-order chi connectivity index (χ0) is 15.2. The van der Waals surface area contributed by atoms with Crippen molar-refractivity contribution in [2.24, 2.45) is 5.92 Å². The van der Waals surface area contributed by atoms with Crippen molar-refractivity contribution in [1.82, 2.24) is 10.2 Å². The van der Waals surface area contributed by atoms with Crippen molar-refractivity contribution in [2.45, 2.75) is 13.3 Å². The van der Waals surface area contributed by atoms with Gasteiger partial charge in [0.1, 0.15) is 12.4 Å². The van der Waals surface area contributed by atoms with Crippen LogP contribution < -0.4 is 10.1 Å². The molecule has 1 aromatic rings. The minimum atomic E-state index is -0.0367. The van der Waals surface area contributed by atoms with E-state index in [1.807, 2.05) is 25.1 Å². The minimum absolute atomic E-state index is 0.0367. The summed E-state index contributed by atoms with van der Waals surface area (Å²) in [5.41, 5.74) is 1.59. The molecule has 1 heterocycles. The van der Waals surface area contributed by atoms with Gasteiger partial charge in [-0.3, -0.25) is 4.79 Å². The number of nitrogens with one attached hydrogen (secondary N) is 1. The van der Waals surface area contributed by atoms with Crippen LogP contribution in [0.5, 0.6) is 5.75 Å². The molecule has 1 amide bonds. The normalized spacial score (nSPS) is 18.5. The molecule has 0 saturated carbocycles. The van der Waals surface area contributed by atoms with Crippen LogP contribution in [0.3, 0.4) is 0 Å². The molecule has 1 aromatic carbocycles. The summed E-state index contributed by atoms with van der Waals surface area (Å²) in [6.07, 6.45) is 1.15. The monoisotopic (exact) mass is 288 g/mol. The Morgan fingerprint density at radius 2 is 2.33 bits per heavy atom. The van der Waals surface area contributed by atoms with Gasteiger partial charge in [0.25, 0.3) is 5.91 Å². The molecule has 1 fully saturated rings. The van der Waals surface area contributed by atoms with Gasteiger partial charge in [-0.2, -0.15) is 0 Å². The highest BCUT2D eigenvalue weighted by atomic mass is 16.5. The molecule has 1 aliphatic heterocycles. The summed E-state index contributed by atoms with van der Waals surface area (Å²) in [5.74, 6) is 1.22. The summed E-state index contributed by atoms with van der Waals surface area (Å²) >= 11 is 0. The summed E-state index contributed by atoms with van der Waals surface area (Å²) < 4.78 is 5.56. The maximum absolute atomic E-state index is 12.2. The van der Waals surface area contributed by atoms with Crippen molar-refractivity contribution < 1.29 is 9.53 Å². The van der Waals surface area contributed by atoms with E-state index < -0.39 is 0 Å². The molecule has 0 aliphatic carbocycles. The molecule has 4 nitrogen and oxygen atoms in total. The highest BCUT2D eigenvalue weighted by molar-refractivity contribution is 5.94. The van der Waals surface area contributed by atoms with E-state index in [1.165, 1.54) is 0 Å². The molecule has 0 spiro atoms. The first-order chi connectivity index (χ1) is 10.0. The number of likely N-dealkylation sites (tertiary alicyclic amines) is 1. The van der Waals surface area contributed by atoms with E-state index in [0.29, 0.717) is 23.8 Å². The van der Waals surface area contributed by atoms with Crippen LogP contribution in [-0.4, -0.2) is 44.1 Å². The summed E-state index contributed by atoms with van der Waals surface area (Å²) in [7, 11) is 2.12. The number of ether oxygens (including phenoxy) is 1. The van der Waals surface area contributed by atoms with E-state index in [2.05, 4.69) is 23.8 Å². The van der Waals surface area contributed by atoms with Crippen molar-refractivity contribution in [2.75, 3.05) is 33.3 Å². The van der Waals surface area contributed by atoms with Gasteiger partial charge in [0.2, 0.25) is 0 Å². The lowest BCUT2D eigenvalue weighted by Crippen LogP contribution is -2.30. The van der Waals surface area contributed by atoms with Gasteiger partial charge in [-0.1, -0.05) is 12.6 Å². The van der Waals surface area contributed by atoms with E-state index >= 15 is 0 Å². The van der Waals surface area contributed by atoms with Crippen molar-refractivity contribution >= 4 is 5.91 Å². The third kappa shape index (κ3) is 4.90. The molecule has 1 aliphatic rings. The SMILES string of the molecule is C=C(C)COc1cccc(C(=O)NC[C@@H]2CCN(C)C2)c1. The van der Waals surface area contributed by atoms with Gasteiger partial charge in [-0.25, -0.2) is 0 Å². The average Bonchev–Trinajstić information content (AvgIpc) is 2.88. The van der Waals surface area contributed by atoms with Crippen LogP contribution in [0.25, 0.3) is 0 Å². The number of rotatable bonds is 6. The van der Waals surface area contributed by atoms with Crippen molar-refractivity contribution in [1.29, 1.82) is 0 Å². The Hall–Kier alpha value is -1.81. The molecule has 0 aromatic heterocycles. The lowest BCUT2D eigenvalue weighted by Gasteiger charge is -2.12. The fourth-order valence-corrected chi connectivity index (χ4v) is 2.47. The first-order valence-corrected chi connectivity index (χ1v) is 7.38. The molecule has 0 unspecified atom stereocenters. The minimum Gasteiger partial charge on any atom is -0.489 e. The van der Waals surface area contributed by atoms with Crippen LogP contribution in [0.15, 0.2) is 36.4 Å². The Bertz CT molecular complexity index is 513. The van der Waals surface area contributed by atoms with Gasteiger partial charge in [0.05, 0.1) is 0 Å². The summed E-state index contributed by atoms with van der Waals surface area (Å²) in [5, 5.41) is 3.01. The second kappa shape index (κ2) is 7.27. The number of carbonyl (C=O) groups is 1. The molecule has 2 rings (SSSR count). The molecule has 0 bridgehead atoms.